The largest absolute Gasteiger partial charge is 0.508 e. The molecule has 1 aromatic heterocycles. The Balaban J connectivity index is 1.69. The number of hydrogen-bond donors (Lipinski definition) is 2. The van der Waals surface area contributed by atoms with Crippen LogP contribution in [0.5, 0.6) is 11.5 Å². The summed E-state index contributed by atoms with van der Waals surface area (Å²) in [7, 11) is 1.59. The number of hydrogen-bond acceptors (Lipinski definition) is 6. The van der Waals surface area contributed by atoms with Gasteiger partial charge in [0.1, 0.15) is 23.7 Å². The average molecular weight is 377 g/mol. The number of benzene rings is 2. The number of phenolic OH excluding ortho intramolecular Hbond substituents is 1. The van der Waals surface area contributed by atoms with Gasteiger partial charge in [-0.15, -0.1) is 0 Å². The maximum absolute atomic E-state index is 13.2. The number of nitrogens with one attached hydrogen (secondary N) is 1. The predicted molar refractivity (Wildman–Crippen MR) is 104 cm³/mol. The number of rotatable bonds is 4. The summed E-state index contributed by atoms with van der Waals surface area (Å²) in [5.41, 5.74) is 2.13. The predicted octanol–water partition coefficient (Wildman–Crippen LogP) is 2.94. The van der Waals surface area contributed by atoms with Crippen molar-refractivity contribution >= 4 is 23.3 Å². The highest BCUT2D eigenvalue weighted by Gasteiger charge is 2.38. The number of aliphatic imine (C=N–C) groups is 1. The summed E-state index contributed by atoms with van der Waals surface area (Å²) in [6, 6.07) is 13.4. The van der Waals surface area contributed by atoms with E-state index in [0.717, 1.165) is 5.56 Å². The summed E-state index contributed by atoms with van der Waals surface area (Å²) in [4.78, 5) is 21.8. The van der Waals surface area contributed by atoms with Gasteiger partial charge in [0.05, 0.1) is 13.2 Å². The first kappa shape index (κ1) is 17.7. The van der Waals surface area contributed by atoms with Gasteiger partial charge in [-0.2, -0.15) is 10.1 Å². The van der Waals surface area contributed by atoms with Gasteiger partial charge in [0.2, 0.25) is 11.9 Å². The lowest BCUT2D eigenvalue weighted by molar-refractivity contribution is -0.118. The molecule has 0 aliphatic carbocycles. The van der Waals surface area contributed by atoms with E-state index in [-0.39, 0.29) is 11.7 Å². The van der Waals surface area contributed by atoms with Crippen molar-refractivity contribution in [1.29, 1.82) is 0 Å². The van der Waals surface area contributed by atoms with Gasteiger partial charge in [-0.25, -0.2) is 9.67 Å². The van der Waals surface area contributed by atoms with Gasteiger partial charge < -0.3 is 15.2 Å². The summed E-state index contributed by atoms with van der Waals surface area (Å²) >= 11 is 0. The van der Waals surface area contributed by atoms with E-state index in [0.29, 0.717) is 23.1 Å². The summed E-state index contributed by atoms with van der Waals surface area (Å²) in [5, 5.41) is 16.8. The van der Waals surface area contributed by atoms with Gasteiger partial charge in [-0.3, -0.25) is 4.79 Å². The third kappa shape index (κ3) is 3.20. The number of phenols is 1. The molecule has 1 aliphatic rings. The normalized spacial score (nSPS) is 18.1. The first-order valence-electron chi connectivity index (χ1n) is 8.75. The molecule has 2 N–H and O–H groups in total. The standard InChI is InChI=1S/C20H19N5O3/c1-12-17(19(27)24-14-5-9-16(28-2)10-6-14)18(13-3-7-15(26)8-4-13)25-20(23-12)21-11-22-25/h3-11,17-18,26H,1-2H3,(H,24,27). The quantitative estimate of drug-likeness (QED) is 0.728. The monoisotopic (exact) mass is 377 g/mol. The van der Waals surface area contributed by atoms with Crippen molar-refractivity contribution in [2.75, 3.05) is 12.4 Å². The number of aromatic hydroxyl groups is 1. The number of aromatic nitrogens is 3. The lowest BCUT2D eigenvalue weighted by atomic mass is 9.87. The Morgan fingerprint density at radius 3 is 2.54 bits per heavy atom. The molecule has 28 heavy (non-hydrogen) atoms. The molecule has 8 heteroatoms. The molecule has 0 radical (unpaired) electrons. The van der Waals surface area contributed by atoms with E-state index in [2.05, 4.69) is 20.4 Å². The van der Waals surface area contributed by atoms with Crippen LogP contribution in [0.15, 0.2) is 59.9 Å². The van der Waals surface area contributed by atoms with Crippen LogP contribution in [-0.4, -0.2) is 38.6 Å². The molecule has 2 aromatic carbocycles. The van der Waals surface area contributed by atoms with Crippen LogP contribution in [0.4, 0.5) is 11.6 Å². The highest BCUT2D eigenvalue weighted by molar-refractivity contribution is 6.10. The minimum absolute atomic E-state index is 0.156. The van der Waals surface area contributed by atoms with E-state index in [9.17, 15) is 9.90 Å². The average Bonchev–Trinajstić information content (AvgIpc) is 3.16. The Kier molecular flexibility index (Phi) is 4.52. The van der Waals surface area contributed by atoms with Gasteiger partial charge in [-0.1, -0.05) is 12.1 Å². The van der Waals surface area contributed by atoms with Crippen molar-refractivity contribution in [1.82, 2.24) is 14.8 Å². The van der Waals surface area contributed by atoms with E-state index < -0.39 is 12.0 Å². The Hall–Kier alpha value is -3.68. The molecule has 4 rings (SSSR count). The van der Waals surface area contributed by atoms with Gasteiger partial charge >= 0.3 is 0 Å². The number of amides is 1. The zero-order valence-corrected chi connectivity index (χ0v) is 15.4. The van der Waals surface area contributed by atoms with Crippen molar-refractivity contribution < 1.29 is 14.6 Å². The van der Waals surface area contributed by atoms with Crippen molar-refractivity contribution in [3.8, 4) is 11.5 Å². The van der Waals surface area contributed by atoms with Crippen LogP contribution in [0.1, 0.15) is 18.5 Å². The number of methoxy groups -OCH3 is 1. The second-order valence-electron chi connectivity index (χ2n) is 6.49. The second kappa shape index (κ2) is 7.15. The topological polar surface area (TPSA) is 102 Å². The van der Waals surface area contributed by atoms with E-state index >= 15 is 0 Å². The molecule has 2 heterocycles. The zero-order chi connectivity index (χ0) is 19.7. The summed E-state index contributed by atoms with van der Waals surface area (Å²) in [6.45, 7) is 1.81. The minimum Gasteiger partial charge on any atom is -0.508 e. The van der Waals surface area contributed by atoms with Gasteiger partial charge in [-0.05, 0) is 48.9 Å². The SMILES string of the molecule is COc1ccc(NC(=O)C2C(C)=Nc3ncnn3C2c2ccc(O)cc2)cc1. The Bertz CT molecular complexity index is 1020. The molecule has 1 amide bonds. The Morgan fingerprint density at radius 2 is 1.86 bits per heavy atom. The molecule has 0 saturated heterocycles. The van der Waals surface area contributed by atoms with Crippen molar-refractivity contribution in [2.24, 2.45) is 10.9 Å². The Morgan fingerprint density at radius 1 is 1.14 bits per heavy atom. The van der Waals surface area contributed by atoms with Crippen LogP contribution in [0, 0.1) is 5.92 Å². The number of nitrogens with zero attached hydrogens (tertiary/aromatic N) is 4. The van der Waals surface area contributed by atoms with Gasteiger partial charge in [0.25, 0.3) is 0 Å². The summed E-state index contributed by atoms with van der Waals surface area (Å²) < 4.78 is 6.79. The third-order valence-corrected chi connectivity index (χ3v) is 4.73. The molecule has 0 fully saturated rings. The maximum atomic E-state index is 13.2. The molecule has 0 bridgehead atoms. The van der Waals surface area contributed by atoms with Crippen molar-refractivity contribution in [2.45, 2.75) is 13.0 Å². The highest BCUT2D eigenvalue weighted by Crippen LogP contribution is 2.36. The smallest absolute Gasteiger partial charge is 0.248 e. The summed E-state index contributed by atoms with van der Waals surface area (Å²) in [6.07, 6.45) is 1.42. The highest BCUT2D eigenvalue weighted by atomic mass is 16.5. The van der Waals surface area contributed by atoms with Gasteiger partial charge in [0, 0.05) is 11.4 Å². The molecule has 0 saturated carbocycles. The molecule has 2 unspecified atom stereocenters. The number of fused-ring (bicyclic) bond motifs is 1. The summed E-state index contributed by atoms with van der Waals surface area (Å²) in [5.74, 6) is 0.529. The molecule has 1 aliphatic heterocycles. The maximum Gasteiger partial charge on any atom is 0.248 e. The zero-order valence-electron chi connectivity index (χ0n) is 15.4. The van der Waals surface area contributed by atoms with Crippen molar-refractivity contribution in [3.63, 3.8) is 0 Å². The van der Waals surface area contributed by atoms with Gasteiger partial charge in [0.15, 0.2) is 0 Å². The van der Waals surface area contributed by atoms with Crippen LogP contribution in [-0.2, 0) is 4.79 Å². The van der Waals surface area contributed by atoms with E-state index in [1.165, 1.54) is 6.33 Å². The molecule has 2 atom stereocenters. The second-order valence-corrected chi connectivity index (χ2v) is 6.49. The molecule has 142 valence electrons. The van der Waals surface area contributed by atoms with Crippen molar-refractivity contribution in [3.05, 3.63) is 60.4 Å². The number of anilines is 1. The van der Waals surface area contributed by atoms with Crippen LogP contribution in [0.3, 0.4) is 0 Å². The number of carbonyl (C=O) groups is 1. The van der Waals surface area contributed by atoms with E-state index in [4.69, 9.17) is 4.74 Å². The molecule has 3 aromatic rings. The lowest BCUT2D eigenvalue weighted by Gasteiger charge is -2.30. The molecular formula is C20H19N5O3. The fraction of sp³-hybridized carbons (Fsp3) is 0.200. The Labute approximate surface area is 161 Å². The first-order chi connectivity index (χ1) is 13.6. The number of carbonyl (C=O) groups excluding carboxylic acids is 1. The molecule has 8 nitrogen and oxygen atoms in total. The fourth-order valence-electron chi connectivity index (χ4n) is 3.35. The number of ether oxygens (including phenoxy) is 1. The fourth-order valence-corrected chi connectivity index (χ4v) is 3.35. The van der Waals surface area contributed by atoms with E-state index in [1.807, 2.05) is 6.92 Å². The third-order valence-electron chi connectivity index (χ3n) is 4.73. The van der Waals surface area contributed by atoms with Crippen LogP contribution in [0.2, 0.25) is 0 Å². The molecule has 0 spiro atoms. The first-order valence-corrected chi connectivity index (χ1v) is 8.75. The van der Waals surface area contributed by atoms with Crippen LogP contribution >= 0.6 is 0 Å². The van der Waals surface area contributed by atoms with Crippen LogP contribution in [0.25, 0.3) is 0 Å². The lowest BCUT2D eigenvalue weighted by Crippen LogP contribution is -2.39. The van der Waals surface area contributed by atoms with E-state index in [1.54, 1.807) is 60.3 Å². The minimum atomic E-state index is -0.583. The molecular weight excluding hydrogens is 358 g/mol. The van der Waals surface area contributed by atoms with Crippen LogP contribution < -0.4 is 10.1 Å².